The predicted molar refractivity (Wildman–Crippen MR) is 92.4 cm³/mol. The zero-order chi connectivity index (χ0) is 17.0. The van der Waals surface area contributed by atoms with E-state index in [1.54, 1.807) is 16.9 Å². The Labute approximate surface area is 139 Å². The monoisotopic (exact) mass is 331 g/mol. The average Bonchev–Trinajstić information content (AvgIpc) is 3.06. The van der Waals surface area contributed by atoms with E-state index in [0.29, 0.717) is 27.2 Å². The molecule has 0 aliphatic carbocycles. The van der Waals surface area contributed by atoms with Crippen LogP contribution in [0.3, 0.4) is 0 Å². The van der Waals surface area contributed by atoms with E-state index in [0.717, 1.165) is 5.69 Å². The Morgan fingerprint density at radius 2 is 1.80 bits per heavy atom. The summed E-state index contributed by atoms with van der Waals surface area (Å²) in [5.41, 5.74) is 1.14. The van der Waals surface area contributed by atoms with Gasteiger partial charge in [-0.2, -0.15) is 5.10 Å². The molecule has 5 aromatic rings. The molecule has 3 heterocycles. The normalized spacial score (nSPS) is 11.6. The van der Waals surface area contributed by atoms with Crippen LogP contribution in [0, 0.1) is 5.82 Å². The fraction of sp³-hybridized carbons (Fsp3) is 0. The maximum atomic E-state index is 13.5. The van der Waals surface area contributed by atoms with Gasteiger partial charge in [0.15, 0.2) is 5.65 Å². The molecule has 0 atom stereocenters. The van der Waals surface area contributed by atoms with Gasteiger partial charge >= 0.3 is 5.63 Å². The van der Waals surface area contributed by atoms with Crippen molar-refractivity contribution in [3.63, 3.8) is 0 Å². The summed E-state index contributed by atoms with van der Waals surface area (Å²) < 4.78 is 20.5. The molecule has 0 aliphatic rings. The van der Waals surface area contributed by atoms with Crippen LogP contribution < -0.4 is 5.63 Å². The number of hydrogen-bond acceptors (Lipinski definition) is 4. The van der Waals surface area contributed by atoms with Crippen LogP contribution in [-0.2, 0) is 0 Å². The molecular formula is C19H10FN3O2. The molecule has 0 saturated heterocycles. The van der Waals surface area contributed by atoms with Crippen molar-refractivity contribution in [1.82, 2.24) is 14.8 Å². The number of pyridine rings is 1. The van der Waals surface area contributed by atoms with Crippen molar-refractivity contribution < 1.29 is 8.81 Å². The van der Waals surface area contributed by atoms with Crippen LogP contribution in [0.5, 0.6) is 0 Å². The van der Waals surface area contributed by atoms with E-state index in [9.17, 15) is 9.18 Å². The highest BCUT2D eigenvalue weighted by Gasteiger charge is 2.15. The first-order valence-corrected chi connectivity index (χ1v) is 7.66. The summed E-state index contributed by atoms with van der Waals surface area (Å²) in [7, 11) is 0. The van der Waals surface area contributed by atoms with Crippen molar-refractivity contribution in [2.75, 3.05) is 0 Å². The third kappa shape index (κ3) is 1.97. The Hall–Kier alpha value is -3.54. The fourth-order valence-electron chi connectivity index (χ4n) is 3.12. The van der Waals surface area contributed by atoms with Crippen molar-refractivity contribution in [1.29, 1.82) is 0 Å². The van der Waals surface area contributed by atoms with Crippen LogP contribution in [0.25, 0.3) is 38.5 Å². The molecule has 3 aromatic heterocycles. The number of halogens is 1. The van der Waals surface area contributed by atoms with Gasteiger partial charge in [-0.3, -0.25) is 0 Å². The quantitative estimate of drug-likeness (QED) is 0.346. The van der Waals surface area contributed by atoms with Gasteiger partial charge in [0, 0.05) is 28.4 Å². The summed E-state index contributed by atoms with van der Waals surface area (Å²) >= 11 is 0. The van der Waals surface area contributed by atoms with E-state index in [2.05, 4.69) is 10.1 Å². The van der Waals surface area contributed by atoms with Crippen LogP contribution in [0.15, 0.2) is 70.1 Å². The minimum atomic E-state index is -0.546. The third-order valence-electron chi connectivity index (χ3n) is 4.23. The Morgan fingerprint density at radius 3 is 2.64 bits per heavy atom. The molecule has 0 radical (unpaired) electrons. The molecule has 5 nitrogen and oxygen atoms in total. The van der Waals surface area contributed by atoms with Crippen molar-refractivity contribution in [2.45, 2.75) is 0 Å². The average molecular weight is 331 g/mol. The molecular weight excluding hydrogens is 321 g/mol. The highest BCUT2D eigenvalue weighted by Crippen LogP contribution is 2.30. The maximum Gasteiger partial charge on any atom is 0.345 e. The Balaban J connectivity index is 1.97. The first-order valence-electron chi connectivity index (χ1n) is 7.66. The summed E-state index contributed by atoms with van der Waals surface area (Å²) in [6, 6.07) is 13.8. The molecule has 0 amide bonds. The van der Waals surface area contributed by atoms with Gasteiger partial charge in [-0.15, -0.1) is 0 Å². The fourth-order valence-corrected chi connectivity index (χ4v) is 3.12. The molecule has 0 spiro atoms. The summed E-state index contributed by atoms with van der Waals surface area (Å²) in [5.74, 6) is -0.458. The van der Waals surface area contributed by atoms with Crippen molar-refractivity contribution in [2.24, 2.45) is 0 Å². The standard InChI is InChI=1S/C19H10FN3O2/c20-11-6-7-13-16(8-11)25-19(24)15-9-21-18-14(17(13)15)10-22-23(18)12-4-2-1-3-5-12/h1-10H. The molecule has 0 fully saturated rings. The van der Waals surface area contributed by atoms with Gasteiger partial charge in [-0.1, -0.05) is 18.2 Å². The van der Waals surface area contributed by atoms with Gasteiger partial charge in [0.1, 0.15) is 11.4 Å². The first kappa shape index (κ1) is 13.9. The molecule has 2 aromatic carbocycles. The second-order valence-electron chi connectivity index (χ2n) is 5.71. The van der Waals surface area contributed by atoms with Crippen LogP contribution in [0.2, 0.25) is 0 Å². The zero-order valence-corrected chi connectivity index (χ0v) is 12.8. The lowest BCUT2D eigenvalue weighted by Gasteiger charge is -2.05. The SMILES string of the molecule is O=c1oc2cc(F)ccc2c2c1cnc1c2cnn1-c1ccccc1. The van der Waals surface area contributed by atoms with Gasteiger partial charge in [0.2, 0.25) is 0 Å². The molecule has 120 valence electrons. The number of hydrogen-bond donors (Lipinski definition) is 0. The molecule has 0 bridgehead atoms. The molecule has 0 N–H and O–H groups in total. The van der Waals surface area contributed by atoms with Gasteiger partial charge < -0.3 is 4.42 Å². The largest absolute Gasteiger partial charge is 0.422 e. The number of para-hydroxylation sites is 1. The third-order valence-corrected chi connectivity index (χ3v) is 4.23. The van der Waals surface area contributed by atoms with Gasteiger partial charge in [0.05, 0.1) is 17.3 Å². The summed E-state index contributed by atoms with van der Waals surface area (Å²) in [4.78, 5) is 16.7. The molecule has 5 rings (SSSR count). The first-order chi connectivity index (χ1) is 12.2. The Kier molecular flexibility index (Phi) is 2.76. The van der Waals surface area contributed by atoms with Crippen molar-refractivity contribution in [3.8, 4) is 5.69 Å². The van der Waals surface area contributed by atoms with Crippen LogP contribution in [-0.4, -0.2) is 14.8 Å². The lowest BCUT2D eigenvalue weighted by atomic mass is 10.1. The van der Waals surface area contributed by atoms with Crippen molar-refractivity contribution >= 4 is 32.8 Å². The van der Waals surface area contributed by atoms with Crippen LogP contribution in [0.4, 0.5) is 4.39 Å². The molecule has 0 saturated carbocycles. The number of benzene rings is 2. The second-order valence-corrected chi connectivity index (χ2v) is 5.71. The molecule has 25 heavy (non-hydrogen) atoms. The smallest absolute Gasteiger partial charge is 0.345 e. The van der Waals surface area contributed by atoms with E-state index in [1.165, 1.54) is 18.3 Å². The topological polar surface area (TPSA) is 60.9 Å². The number of aromatic nitrogens is 3. The van der Waals surface area contributed by atoms with Gasteiger partial charge in [-0.25, -0.2) is 18.9 Å². The van der Waals surface area contributed by atoms with Gasteiger partial charge in [0.25, 0.3) is 0 Å². The predicted octanol–water partition coefficient (Wildman–Crippen LogP) is 3.82. The minimum absolute atomic E-state index is 0.206. The number of rotatable bonds is 1. The zero-order valence-electron chi connectivity index (χ0n) is 12.8. The Bertz CT molecular complexity index is 1320. The Morgan fingerprint density at radius 1 is 0.960 bits per heavy atom. The molecule has 6 heteroatoms. The summed E-state index contributed by atoms with van der Waals surface area (Å²) in [6.07, 6.45) is 3.15. The van der Waals surface area contributed by atoms with E-state index in [4.69, 9.17) is 4.42 Å². The van der Waals surface area contributed by atoms with E-state index >= 15 is 0 Å². The highest BCUT2D eigenvalue weighted by atomic mass is 19.1. The molecule has 0 aliphatic heterocycles. The number of nitrogens with zero attached hydrogens (tertiary/aromatic N) is 3. The summed E-state index contributed by atoms with van der Waals surface area (Å²) in [5, 5.41) is 6.79. The van der Waals surface area contributed by atoms with E-state index < -0.39 is 11.4 Å². The lowest BCUT2D eigenvalue weighted by molar-refractivity contribution is 0.562. The van der Waals surface area contributed by atoms with Crippen LogP contribution >= 0.6 is 0 Å². The van der Waals surface area contributed by atoms with Gasteiger partial charge in [-0.05, 0) is 24.3 Å². The summed E-state index contributed by atoms with van der Waals surface area (Å²) in [6.45, 7) is 0. The molecule has 0 unspecified atom stereocenters. The lowest BCUT2D eigenvalue weighted by Crippen LogP contribution is -2.02. The van der Waals surface area contributed by atoms with Crippen molar-refractivity contribution in [3.05, 3.63) is 77.2 Å². The second kappa shape index (κ2) is 4.98. The van der Waals surface area contributed by atoms with Crippen LogP contribution in [0.1, 0.15) is 0 Å². The van der Waals surface area contributed by atoms with E-state index in [1.807, 2.05) is 30.3 Å². The highest BCUT2D eigenvalue weighted by molar-refractivity contribution is 6.16. The number of fused-ring (bicyclic) bond motifs is 5. The van der Waals surface area contributed by atoms with E-state index in [-0.39, 0.29) is 5.58 Å². The minimum Gasteiger partial charge on any atom is -0.422 e. The maximum absolute atomic E-state index is 13.5.